The first-order chi connectivity index (χ1) is 16.0. The van der Waals surface area contributed by atoms with Gasteiger partial charge >= 0.3 is 6.03 Å². The molecule has 0 bridgehead atoms. The van der Waals surface area contributed by atoms with Gasteiger partial charge in [-0.2, -0.15) is 0 Å². The van der Waals surface area contributed by atoms with Crippen LogP contribution in [0.5, 0.6) is 0 Å². The van der Waals surface area contributed by atoms with Gasteiger partial charge in [0.1, 0.15) is 6.54 Å². The van der Waals surface area contributed by atoms with Gasteiger partial charge in [-0.1, -0.05) is 55.5 Å². The van der Waals surface area contributed by atoms with Crippen LogP contribution in [-0.4, -0.2) is 38.9 Å². The van der Waals surface area contributed by atoms with Crippen LogP contribution in [0.3, 0.4) is 0 Å². The Balaban J connectivity index is 1.50. The van der Waals surface area contributed by atoms with Crippen molar-refractivity contribution in [3.05, 3.63) is 89.7 Å². The first-order valence-electron chi connectivity index (χ1n) is 11.6. The number of hydrogen-bond donors (Lipinski definition) is 1. The van der Waals surface area contributed by atoms with Crippen molar-refractivity contribution in [2.45, 2.75) is 45.3 Å². The largest absolute Gasteiger partial charge is 0.353 e. The molecule has 6 heteroatoms. The van der Waals surface area contributed by atoms with E-state index in [1.165, 1.54) is 0 Å². The number of carbonyl (C=O) groups excluding carboxylic acids is 2. The Morgan fingerprint density at radius 1 is 0.970 bits per heavy atom. The number of urea groups is 1. The number of aromatic nitrogens is 1. The van der Waals surface area contributed by atoms with Gasteiger partial charge in [0.25, 0.3) is 0 Å². The molecule has 1 N–H and O–H groups in total. The molecule has 4 rings (SSSR count). The second kappa shape index (κ2) is 10.4. The zero-order valence-corrected chi connectivity index (χ0v) is 19.4. The molecule has 1 heterocycles. The molecule has 0 radical (unpaired) electrons. The standard InChI is InChI=1S/C27H32N4O2/c1-3-22-12-7-8-14-25(22)28-27(33)31(23-15-16-23)20-26(32)30(18-21-10-5-4-6-11-21)19-24-13-9-17-29(24)2/h4-14,17,23H,3,15-16,18-20H2,1-2H3,(H,28,33). The fraction of sp³-hybridized carbons (Fsp3) is 0.333. The van der Waals surface area contributed by atoms with Gasteiger partial charge in [0.15, 0.2) is 0 Å². The van der Waals surface area contributed by atoms with Crippen molar-refractivity contribution in [3.8, 4) is 0 Å². The van der Waals surface area contributed by atoms with Crippen LogP contribution in [0.2, 0.25) is 0 Å². The van der Waals surface area contributed by atoms with Crippen molar-refractivity contribution in [3.63, 3.8) is 0 Å². The van der Waals surface area contributed by atoms with Crippen LogP contribution in [0, 0.1) is 0 Å². The zero-order valence-electron chi connectivity index (χ0n) is 19.4. The van der Waals surface area contributed by atoms with Crippen LogP contribution in [-0.2, 0) is 31.4 Å². The molecule has 33 heavy (non-hydrogen) atoms. The van der Waals surface area contributed by atoms with Gasteiger partial charge in [-0.25, -0.2) is 4.79 Å². The van der Waals surface area contributed by atoms with Crippen LogP contribution in [0.15, 0.2) is 72.9 Å². The second-order valence-corrected chi connectivity index (χ2v) is 8.65. The van der Waals surface area contributed by atoms with E-state index in [2.05, 4.69) is 12.2 Å². The molecular weight excluding hydrogens is 412 g/mol. The van der Waals surface area contributed by atoms with E-state index in [0.29, 0.717) is 13.1 Å². The minimum Gasteiger partial charge on any atom is -0.353 e. The Morgan fingerprint density at radius 3 is 2.36 bits per heavy atom. The van der Waals surface area contributed by atoms with E-state index in [9.17, 15) is 9.59 Å². The smallest absolute Gasteiger partial charge is 0.322 e. The molecule has 1 fully saturated rings. The lowest BCUT2D eigenvalue weighted by atomic mass is 10.1. The highest BCUT2D eigenvalue weighted by Crippen LogP contribution is 2.28. The number of hydrogen-bond acceptors (Lipinski definition) is 2. The highest BCUT2D eigenvalue weighted by atomic mass is 16.2. The number of rotatable bonds is 9. The summed E-state index contributed by atoms with van der Waals surface area (Å²) in [5.41, 5.74) is 4.02. The Morgan fingerprint density at radius 2 is 1.70 bits per heavy atom. The highest BCUT2D eigenvalue weighted by Gasteiger charge is 2.35. The number of para-hydroxylation sites is 1. The molecule has 172 valence electrons. The molecule has 1 aromatic heterocycles. The quantitative estimate of drug-likeness (QED) is 0.515. The summed E-state index contributed by atoms with van der Waals surface area (Å²) in [6.45, 7) is 3.14. The molecule has 0 atom stereocenters. The number of benzene rings is 2. The molecule has 6 nitrogen and oxygen atoms in total. The SMILES string of the molecule is CCc1ccccc1NC(=O)N(CC(=O)N(Cc1ccccc1)Cc1cccn1C)C1CC1. The fourth-order valence-electron chi connectivity index (χ4n) is 4.03. The number of aryl methyl sites for hydroxylation is 2. The summed E-state index contributed by atoms with van der Waals surface area (Å²) in [5, 5.41) is 3.04. The molecule has 1 aliphatic carbocycles. The molecule has 2 aromatic carbocycles. The van der Waals surface area contributed by atoms with Gasteiger partial charge in [0, 0.05) is 37.2 Å². The zero-order chi connectivity index (χ0) is 23.2. The van der Waals surface area contributed by atoms with Crippen molar-refractivity contribution in [2.24, 2.45) is 7.05 Å². The molecule has 0 unspecified atom stereocenters. The minimum absolute atomic E-state index is 0.0501. The average Bonchev–Trinajstić information content (AvgIpc) is 3.59. The third kappa shape index (κ3) is 5.83. The number of amides is 3. The van der Waals surface area contributed by atoms with E-state index >= 15 is 0 Å². The number of nitrogens with zero attached hydrogens (tertiary/aromatic N) is 3. The predicted molar refractivity (Wildman–Crippen MR) is 131 cm³/mol. The lowest BCUT2D eigenvalue weighted by Crippen LogP contribution is -2.45. The van der Waals surface area contributed by atoms with Crippen LogP contribution in [0.1, 0.15) is 36.6 Å². The average molecular weight is 445 g/mol. The maximum atomic E-state index is 13.5. The summed E-state index contributed by atoms with van der Waals surface area (Å²) >= 11 is 0. The topological polar surface area (TPSA) is 57.6 Å². The van der Waals surface area contributed by atoms with E-state index in [-0.39, 0.29) is 24.5 Å². The monoisotopic (exact) mass is 444 g/mol. The molecule has 3 amide bonds. The van der Waals surface area contributed by atoms with E-state index in [1.54, 1.807) is 4.90 Å². The predicted octanol–water partition coefficient (Wildman–Crippen LogP) is 4.81. The van der Waals surface area contributed by atoms with Crippen molar-refractivity contribution in [1.29, 1.82) is 0 Å². The Labute approximate surface area is 195 Å². The molecule has 0 spiro atoms. The molecule has 0 saturated heterocycles. The number of anilines is 1. The van der Waals surface area contributed by atoms with E-state index in [4.69, 9.17) is 0 Å². The molecule has 3 aromatic rings. The van der Waals surface area contributed by atoms with Crippen molar-refractivity contribution < 1.29 is 9.59 Å². The Bertz CT molecular complexity index is 1090. The summed E-state index contributed by atoms with van der Waals surface area (Å²) in [7, 11) is 1.98. The minimum atomic E-state index is -0.203. The summed E-state index contributed by atoms with van der Waals surface area (Å²) in [5.74, 6) is -0.0501. The fourth-order valence-corrected chi connectivity index (χ4v) is 4.03. The molecule has 1 saturated carbocycles. The maximum Gasteiger partial charge on any atom is 0.322 e. The van der Waals surface area contributed by atoms with Crippen LogP contribution in [0.4, 0.5) is 10.5 Å². The summed E-state index contributed by atoms with van der Waals surface area (Å²) < 4.78 is 2.03. The van der Waals surface area contributed by atoms with E-state index in [1.807, 2.05) is 89.4 Å². The maximum absolute atomic E-state index is 13.5. The number of nitrogens with one attached hydrogen (secondary N) is 1. The molecule has 1 aliphatic rings. The number of carbonyl (C=O) groups is 2. The first-order valence-corrected chi connectivity index (χ1v) is 11.6. The lowest BCUT2D eigenvalue weighted by Gasteiger charge is -2.28. The summed E-state index contributed by atoms with van der Waals surface area (Å²) in [6, 6.07) is 21.7. The van der Waals surface area contributed by atoms with Crippen LogP contribution < -0.4 is 5.32 Å². The van der Waals surface area contributed by atoms with Crippen molar-refractivity contribution >= 4 is 17.6 Å². The lowest BCUT2D eigenvalue weighted by molar-refractivity contribution is -0.133. The second-order valence-electron chi connectivity index (χ2n) is 8.65. The summed E-state index contributed by atoms with van der Waals surface area (Å²) in [6.07, 6.45) is 4.69. The van der Waals surface area contributed by atoms with Gasteiger partial charge in [-0.3, -0.25) is 4.79 Å². The first kappa shape index (κ1) is 22.6. The van der Waals surface area contributed by atoms with Crippen molar-refractivity contribution in [2.75, 3.05) is 11.9 Å². The third-order valence-corrected chi connectivity index (χ3v) is 6.17. The van der Waals surface area contributed by atoms with Crippen molar-refractivity contribution in [1.82, 2.24) is 14.4 Å². The van der Waals surface area contributed by atoms with Gasteiger partial charge < -0.3 is 19.7 Å². The van der Waals surface area contributed by atoms with Gasteiger partial charge in [0.2, 0.25) is 5.91 Å². The van der Waals surface area contributed by atoms with E-state index < -0.39 is 0 Å². The third-order valence-electron chi connectivity index (χ3n) is 6.17. The van der Waals surface area contributed by atoms with Gasteiger partial charge in [-0.05, 0) is 48.6 Å². The van der Waals surface area contributed by atoms with Gasteiger partial charge in [-0.15, -0.1) is 0 Å². The summed E-state index contributed by atoms with van der Waals surface area (Å²) in [4.78, 5) is 30.2. The Kier molecular flexibility index (Phi) is 7.13. The van der Waals surface area contributed by atoms with Gasteiger partial charge in [0.05, 0.1) is 6.54 Å². The van der Waals surface area contributed by atoms with E-state index in [0.717, 1.165) is 41.8 Å². The highest BCUT2D eigenvalue weighted by molar-refractivity contribution is 5.93. The molecular formula is C27H32N4O2. The van der Waals surface area contributed by atoms with Crippen LogP contribution in [0.25, 0.3) is 0 Å². The van der Waals surface area contributed by atoms with Crippen LogP contribution >= 0.6 is 0 Å². The Hall–Kier alpha value is -3.54. The normalized spacial score (nSPS) is 12.9. The molecule has 0 aliphatic heterocycles.